The van der Waals surface area contributed by atoms with Crippen molar-refractivity contribution in [2.75, 3.05) is 6.54 Å². The van der Waals surface area contributed by atoms with Gasteiger partial charge in [-0.2, -0.15) is 9.41 Å². The highest BCUT2D eigenvalue weighted by Gasteiger charge is 2.27. The average molecular weight is 516 g/mol. The van der Waals surface area contributed by atoms with Crippen molar-refractivity contribution >= 4 is 38.1 Å². The monoisotopic (exact) mass is 515 g/mol. The molecule has 0 aliphatic carbocycles. The number of aryl methyl sites for hydroxylation is 1. The summed E-state index contributed by atoms with van der Waals surface area (Å²) in [5, 5.41) is 13.2. The Morgan fingerprint density at radius 2 is 1.66 bits per heavy atom. The van der Waals surface area contributed by atoms with Crippen molar-refractivity contribution in [3.05, 3.63) is 94.0 Å². The van der Waals surface area contributed by atoms with Gasteiger partial charge in [0.05, 0.1) is 17.7 Å². The maximum atomic E-state index is 13.2. The summed E-state index contributed by atoms with van der Waals surface area (Å²) in [6.45, 7) is 1.58. The van der Waals surface area contributed by atoms with Crippen LogP contribution in [0.2, 0.25) is 0 Å². The van der Waals surface area contributed by atoms with Crippen LogP contribution in [-0.4, -0.2) is 36.5 Å². The first-order valence-electron chi connectivity index (χ1n) is 9.66. The number of sulfonamides is 1. The molecule has 7 nitrogen and oxygen atoms in total. The Bertz CT molecular complexity index is 1190. The summed E-state index contributed by atoms with van der Waals surface area (Å²) in [7, 11) is -3.93. The lowest BCUT2D eigenvalue weighted by Gasteiger charge is -2.21. The predicted molar refractivity (Wildman–Crippen MR) is 127 cm³/mol. The molecule has 3 aromatic carbocycles. The van der Waals surface area contributed by atoms with Gasteiger partial charge in [0.25, 0.3) is 5.91 Å². The number of hydrazone groups is 1. The van der Waals surface area contributed by atoms with E-state index < -0.39 is 22.5 Å². The number of carbonyl (C=O) groups excluding carboxylic acids is 1. The van der Waals surface area contributed by atoms with E-state index in [1.54, 1.807) is 24.3 Å². The second-order valence-electron chi connectivity index (χ2n) is 7.10. The quantitative estimate of drug-likeness (QED) is 0.352. The SMILES string of the molecule is Cc1ccc(CN(CC(=O)N/N=C\c2ccc(O)cc2)S(=O)(=O)c2ccc(Br)cc2)cc1. The number of hydrogen-bond acceptors (Lipinski definition) is 5. The summed E-state index contributed by atoms with van der Waals surface area (Å²) in [5.74, 6) is -0.455. The number of nitrogens with zero attached hydrogens (tertiary/aromatic N) is 2. The minimum Gasteiger partial charge on any atom is -0.508 e. The van der Waals surface area contributed by atoms with E-state index in [2.05, 4.69) is 26.5 Å². The Hall–Kier alpha value is -3.01. The fourth-order valence-electron chi connectivity index (χ4n) is 2.81. The number of phenolic OH excluding ortho intramolecular Hbond substituents is 1. The third kappa shape index (κ3) is 6.49. The molecule has 0 atom stereocenters. The van der Waals surface area contributed by atoms with Crippen molar-refractivity contribution < 1.29 is 18.3 Å². The number of amides is 1. The molecule has 0 bridgehead atoms. The number of halogens is 1. The van der Waals surface area contributed by atoms with Gasteiger partial charge in [0.1, 0.15) is 5.75 Å². The van der Waals surface area contributed by atoms with Crippen LogP contribution in [-0.2, 0) is 21.4 Å². The normalized spacial score (nSPS) is 11.7. The number of phenols is 1. The summed E-state index contributed by atoms with van der Waals surface area (Å²) in [6, 6.07) is 20.0. The third-order valence-corrected chi connectivity index (χ3v) is 6.88. The smallest absolute Gasteiger partial charge is 0.255 e. The van der Waals surface area contributed by atoms with Crippen molar-refractivity contribution in [3.8, 4) is 5.75 Å². The van der Waals surface area contributed by atoms with Crippen molar-refractivity contribution in [2.24, 2.45) is 5.10 Å². The zero-order valence-electron chi connectivity index (χ0n) is 17.3. The number of aromatic hydroxyl groups is 1. The molecular weight excluding hydrogens is 494 g/mol. The van der Waals surface area contributed by atoms with Gasteiger partial charge in [0.2, 0.25) is 10.0 Å². The van der Waals surface area contributed by atoms with E-state index >= 15 is 0 Å². The van der Waals surface area contributed by atoms with Crippen LogP contribution in [0.3, 0.4) is 0 Å². The van der Waals surface area contributed by atoms with Crippen molar-refractivity contribution in [3.63, 3.8) is 0 Å². The lowest BCUT2D eigenvalue weighted by Crippen LogP contribution is -2.39. The molecule has 166 valence electrons. The molecule has 1 amide bonds. The van der Waals surface area contributed by atoms with Gasteiger partial charge < -0.3 is 5.11 Å². The Kier molecular flexibility index (Phi) is 7.79. The summed E-state index contributed by atoms with van der Waals surface area (Å²) >= 11 is 3.30. The highest BCUT2D eigenvalue weighted by Crippen LogP contribution is 2.21. The second-order valence-corrected chi connectivity index (χ2v) is 9.95. The van der Waals surface area contributed by atoms with Crippen LogP contribution >= 0.6 is 15.9 Å². The van der Waals surface area contributed by atoms with Gasteiger partial charge in [-0.05, 0) is 66.6 Å². The fourth-order valence-corrected chi connectivity index (χ4v) is 4.46. The van der Waals surface area contributed by atoms with Gasteiger partial charge in [0, 0.05) is 11.0 Å². The Morgan fingerprint density at radius 3 is 2.28 bits per heavy atom. The van der Waals surface area contributed by atoms with Crippen LogP contribution in [0.15, 0.2) is 87.3 Å². The lowest BCUT2D eigenvalue weighted by atomic mass is 10.1. The summed E-state index contributed by atoms with van der Waals surface area (Å²) in [4.78, 5) is 12.6. The highest BCUT2D eigenvalue weighted by molar-refractivity contribution is 9.10. The van der Waals surface area contributed by atoms with Crippen molar-refractivity contribution in [1.82, 2.24) is 9.73 Å². The molecule has 0 aliphatic heterocycles. The van der Waals surface area contributed by atoms with Crippen molar-refractivity contribution in [1.29, 1.82) is 0 Å². The van der Waals surface area contributed by atoms with Gasteiger partial charge in [-0.15, -0.1) is 0 Å². The van der Waals surface area contributed by atoms with E-state index in [9.17, 15) is 18.3 Å². The molecule has 0 saturated carbocycles. The van der Waals surface area contributed by atoms with Crippen LogP contribution in [0.25, 0.3) is 0 Å². The van der Waals surface area contributed by atoms with Crippen LogP contribution in [0.1, 0.15) is 16.7 Å². The number of rotatable bonds is 8. The molecule has 2 N–H and O–H groups in total. The molecule has 0 heterocycles. The molecule has 0 radical (unpaired) electrons. The first kappa shape index (κ1) is 23.6. The summed E-state index contributed by atoms with van der Waals surface area (Å²) < 4.78 is 28.4. The largest absolute Gasteiger partial charge is 0.508 e. The van der Waals surface area contributed by atoms with E-state index in [-0.39, 0.29) is 17.2 Å². The zero-order chi connectivity index (χ0) is 23.1. The second kappa shape index (κ2) is 10.5. The van der Waals surface area contributed by atoms with E-state index in [0.29, 0.717) is 5.56 Å². The maximum absolute atomic E-state index is 13.2. The van der Waals surface area contributed by atoms with Gasteiger partial charge in [-0.3, -0.25) is 4.79 Å². The zero-order valence-corrected chi connectivity index (χ0v) is 19.7. The molecule has 0 saturated heterocycles. The number of nitrogens with one attached hydrogen (secondary N) is 1. The average Bonchev–Trinajstić information content (AvgIpc) is 2.76. The van der Waals surface area contributed by atoms with E-state index in [1.165, 1.54) is 30.5 Å². The number of carbonyl (C=O) groups is 1. The van der Waals surface area contributed by atoms with Gasteiger partial charge in [-0.25, -0.2) is 13.8 Å². The minimum atomic E-state index is -3.93. The van der Waals surface area contributed by atoms with Crippen LogP contribution in [0, 0.1) is 6.92 Å². The first-order chi connectivity index (χ1) is 15.2. The minimum absolute atomic E-state index is 0.0355. The Labute approximate surface area is 195 Å². The standard InChI is InChI=1S/C23H22BrN3O4S/c1-17-2-4-19(5-3-17)15-27(32(30,31)22-12-8-20(24)9-13-22)16-23(29)26-25-14-18-6-10-21(28)11-7-18/h2-14,28H,15-16H2,1H3,(H,26,29)/b25-14-. The summed E-state index contributed by atoms with van der Waals surface area (Å²) in [5.41, 5.74) is 4.84. The third-order valence-electron chi connectivity index (χ3n) is 4.55. The van der Waals surface area contributed by atoms with E-state index in [0.717, 1.165) is 19.9 Å². The number of hydrogen-bond donors (Lipinski definition) is 2. The molecule has 0 fully saturated rings. The molecule has 32 heavy (non-hydrogen) atoms. The van der Waals surface area contributed by atoms with Crippen LogP contribution < -0.4 is 5.43 Å². The van der Waals surface area contributed by atoms with Crippen LogP contribution in [0.5, 0.6) is 5.75 Å². The Morgan fingerprint density at radius 1 is 1.03 bits per heavy atom. The Balaban J connectivity index is 1.78. The molecule has 0 aromatic heterocycles. The highest BCUT2D eigenvalue weighted by atomic mass is 79.9. The van der Waals surface area contributed by atoms with Gasteiger partial charge in [0.15, 0.2) is 0 Å². The van der Waals surface area contributed by atoms with E-state index in [4.69, 9.17) is 0 Å². The topological polar surface area (TPSA) is 99.1 Å². The molecule has 0 unspecified atom stereocenters. The fraction of sp³-hybridized carbons (Fsp3) is 0.130. The molecule has 3 aromatic rings. The molecule has 0 spiro atoms. The summed E-state index contributed by atoms with van der Waals surface area (Å²) in [6.07, 6.45) is 1.41. The maximum Gasteiger partial charge on any atom is 0.255 e. The van der Waals surface area contributed by atoms with Gasteiger partial charge in [-0.1, -0.05) is 45.8 Å². The number of benzene rings is 3. The first-order valence-corrected chi connectivity index (χ1v) is 11.9. The van der Waals surface area contributed by atoms with Crippen LogP contribution in [0.4, 0.5) is 0 Å². The molecule has 9 heteroatoms. The van der Waals surface area contributed by atoms with E-state index in [1.807, 2.05) is 31.2 Å². The molecule has 3 rings (SSSR count). The predicted octanol–water partition coefficient (Wildman–Crippen LogP) is 3.80. The van der Waals surface area contributed by atoms with Crippen molar-refractivity contribution in [2.45, 2.75) is 18.4 Å². The lowest BCUT2D eigenvalue weighted by molar-refractivity contribution is -0.121. The molecule has 0 aliphatic rings. The molecular formula is C23H22BrN3O4S. The van der Waals surface area contributed by atoms with Gasteiger partial charge >= 0.3 is 0 Å².